The number of carbonyl (C=O) groups is 1. The third-order valence-corrected chi connectivity index (χ3v) is 3.16. The van der Waals surface area contributed by atoms with Gasteiger partial charge in [-0.25, -0.2) is 0 Å². The molecule has 0 aromatic rings. The fourth-order valence-corrected chi connectivity index (χ4v) is 2.11. The topological polar surface area (TPSA) is 47.6 Å². The fraction of sp³-hybridized carbons (Fsp3) is 0.909. The van der Waals surface area contributed by atoms with Gasteiger partial charge in [-0.2, -0.15) is 0 Å². The summed E-state index contributed by atoms with van der Waals surface area (Å²) < 4.78 is 10.2. The molecule has 0 amide bonds. The first kappa shape index (κ1) is 10.9. The van der Waals surface area contributed by atoms with Crippen LogP contribution in [0.2, 0.25) is 0 Å². The first-order valence-corrected chi connectivity index (χ1v) is 5.73. The van der Waals surface area contributed by atoms with Crippen molar-refractivity contribution >= 4 is 5.97 Å². The van der Waals surface area contributed by atoms with Gasteiger partial charge in [0.05, 0.1) is 13.0 Å². The lowest BCUT2D eigenvalue weighted by atomic mass is 9.95. The Kier molecular flexibility index (Phi) is 3.59. The molecule has 1 saturated carbocycles. The zero-order valence-electron chi connectivity index (χ0n) is 9.20. The molecule has 0 spiro atoms. The lowest BCUT2D eigenvalue weighted by Crippen LogP contribution is -2.41. The van der Waals surface area contributed by atoms with E-state index < -0.39 is 0 Å². The number of ether oxygens (including phenoxy) is 2. The van der Waals surface area contributed by atoms with E-state index in [0.717, 1.165) is 19.4 Å². The van der Waals surface area contributed by atoms with Gasteiger partial charge in [-0.1, -0.05) is 0 Å². The highest BCUT2D eigenvalue weighted by molar-refractivity contribution is 5.73. The summed E-state index contributed by atoms with van der Waals surface area (Å²) in [4.78, 5) is 11.6. The lowest BCUT2D eigenvalue weighted by molar-refractivity contribution is -0.146. The number of esters is 1. The van der Waals surface area contributed by atoms with Gasteiger partial charge in [0.25, 0.3) is 0 Å². The Hall–Kier alpha value is -0.610. The summed E-state index contributed by atoms with van der Waals surface area (Å²) in [6.45, 7) is 1.42. The van der Waals surface area contributed by atoms with Gasteiger partial charge in [-0.15, -0.1) is 0 Å². The molecule has 2 rings (SSSR count). The minimum Gasteiger partial charge on any atom is -0.469 e. The largest absolute Gasteiger partial charge is 0.469 e. The Bertz CT molecular complexity index is 228. The molecule has 2 unspecified atom stereocenters. The maximum Gasteiger partial charge on any atom is 0.310 e. The first-order chi connectivity index (χ1) is 7.31. The lowest BCUT2D eigenvalue weighted by Gasteiger charge is -2.23. The molecule has 2 aliphatic rings. The zero-order chi connectivity index (χ0) is 10.7. The molecule has 1 saturated heterocycles. The Balaban J connectivity index is 1.95. The van der Waals surface area contributed by atoms with E-state index in [2.05, 4.69) is 5.32 Å². The molecule has 0 aromatic carbocycles. The molecule has 1 aliphatic carbocycles. The smallest absolute Gasteiger partial charge is 0.310 e. The molecule has 1 heterocycles. The van der Waals surface area contributed by atoms with Crippen molar-refractivity contribution in [1.29, 1.82) is 0 Å². The summed E-state index contributed by atoms with van der Waals surface area (Å²) in [5, 5.41) is 3.52. The summed E-state index contributed by atoms with van der Waals surface area (Å²) in [6.07, 6.45) is 4.17. The molecular weight excluding hydrogens is 194 g/mol. The Morgan fingerprint density at radius 3 is 2.67 bits per heavy atom. The van der Waals surface area contributed by atoms with Crippen LogP contribution in [0.1, 0.15) is 25.7 Å². The van der Waals surface area contributed by atoms with Crippen molar-refractivity contribution in [2.24, 2.45) is 5.92 Å². The molecule has 0 bridgehead atoms. The van der Waals surface area contributed by atoms with Crippen LogP contribution in [0, 0.1) is 5.92 Å². The molecule has 1 aliphatic heterocycles. The predicted octanol–water partition coefficient (Wildman–Crippen LogP) is 0.707. The third-order valence-electron chi connectivity index (χ3n) is 3.16. The SMILES string of the molecule is COC(=O)C1CCOCCC1NC1CC1. The van der Waals surface area contributed by atoms with E-state index in [-0.39, 0.29) is 17.9 Å². The van der Waals surface area contributed by atoms with E-state index >= 15 is 0 Å². The third kappa shape index (κ3) is 2.92. The minimum absolute atomic E-state index is 0.0295. The molecule has 2 fully saturated rings. The number of hydrogen-bond donors (Lipinski definition) is 1. The summed E-state index contributed by atoms with van der Waals surface area (Å²) in [5.41, 5.74) is 0. The zero-order valence-corrected chi connectivity index (χ0v) is 9.20. The van der Waals surface area contributed by atoms with Gasteiger partial charge >= 0.3 is 5.97 Å². The van der Waals surface area contributed by atoms with Crippen molar-refractivity contribution in [2.75, 3.05) is 20.3 Å². The van der Waals surface area contributed by atoms with Gasteiger partial charge in [0, 0.05) is 25.3 Å². The average molecular weight is 213 g/mol. The molecular formula is C11H19NO3. The van der Waals surface area contributed by atoms with Gasteiger partial charge in [0.1, 0.15) is 0 Å². The second-order valence-corrected chi connectivity index (χ2v) is 4.37. The van der Waals surface area contributed by atoms with Crippen molar-refractivity contribution in [3.63, 3.8) is 0 Å². The summed E-state index contributed by atoms with van der Waals surface area (Å²) in [6, 6.07) is 0.868. The van der Waals surface area contributed by atoms with E-state index in [0.29, 0.717) is 12.6 Å². The van der Waals surface area contributed by atoms with Crippen molar-refractivity contribution in [1.82, 2.24) is 5.32 Å². The van der Waals surface area contributed by atoms with Crippen LogP contribution in [-0.4, -0.2) is 38.4 Å². The first-order valence-electron chi connectivity index (χ1n) is 5.73. The van der Waals surface area contributed by atoms with Crippen molar-refractivity contribution in [2.45, 2.75) is 37.8 Å². The van der Waals surface area contributed by atoms with Crippen molar-refractivity contribution < 1.29 is 14.3 Å². The minimum atomic E-state index is -0.0985. The van der Waals surface area contributed by atoms with Crippen LogP contribution in [0.5, 0.6) is 0 Å². The highest BCUT2D eigenvalue weighted by Gasteiger charge is 2.34. The molecule has 2 atom stereocenters. The van der Waals surface area contributed by atoms with Crippen LogP contribution < -0.4 is 5.32 Å². The van der Waals surface area contributed by atoms with Crippen LogP contribution in [-0.2, 0) is 14.3 Å². The molecule has 0 radical (unpaired) electrons. The maximum atomic E-state index is 11.6. The van der Waals surface area contributed by atoms with Crippen molar-refractivity contribution in [3.05, 3.63) is 0 Å². The summed E-state index contributed by atoms with van der Waals surface area (Å²) >= 11 is 0. The highest BCUT2D eigenvalue weighted by Crippen LogP contribution is 2.25. The number of rotatable bonds is 3. The maximum absolute atomic E-state index is 11.6. The molecule has 0 aromatic heterocycles. The molecule has 4 nitrogen and oxygen atoms in total. The standard InChI is InChI=1S/C11H19NO3/c1-14-11(13)9-4-6-15-7-5-10(9)12-8-2-3-8/h8-10,12H,2-7H2,1H3. The Labute approximate surface area is 90.3 Å². The molecule has 86 valence electrons. The summed E-state index contributed by atoms with van der Waals surface area (Å²) in [5.74, 6) is -0.128. The van der Waals surface area contributed by atoms with Gasteiger partial charge in [-0.3, -0.25) is 4.79 Å². The van der Waals surface area contributed by atoms with Gasteiger partial charge in [0.15, 0.2) is 0 Å². The van der Waals surface area contributed by atoms with Crippen LogP contribution in [0.4, 0.5) is 0 Å². The average Bonchev–Trinajstić information content (AvgIpc) is 3.05. The van der Waals surface area contributed by atoms with Gasteiger partial charge in [-0.05, 0) is 25.7 Å². The van der Waals surface area contributed by atoms with Crippen molar-refractivity contribution in [3.8, 4) is 0 Å². The molecule has 15 heavy (non-hydrogen) atoms. The Morgan fingerprint density at radius 1 is 1.27 bits per heavy atom. The second kappa shape index (κ2) is 4.94. The van der Waals surface area contributed by atoms with E-state index in [4.69, 9.17) is 9.47 Å². The quantitative estimate of drug-likeness (QED) is 0.701. The molecule has 4 heteroatoms. The van der Waals surface area contributed by atoms with E-state index in [1.54, 1.807) is 0 Å². The van der Waals surface area contributed by atoms with E-state index in [1.807, 2.05) is 0 Å². The van der Waals surface area contributed by atoms with Crippen LogP contribution in [0.15, 0.2) is 0 Å². The second-order valence-electron chi connectivity index (χ2n) is 4.37. The van der Waals surface area contributed by atoms with Crippen LogP contribution >= 0.6 is 0 Å². The van der Waals surface area contributed by atoms with Gasteiger partial charge in [0.2, 0.25) is 0 Å². The Morgan fingerprint density at radius 2 is 2.00 bits per heavy atom. The van der Waals surface area contributed by atoms with Crippen LogP contribution in [0.3, 0.4) is 0 Å². The summed E-state index contributed by atoms with van der Waals surface area (Å²) in [7, 11) is 1.46. The number of carbonyl (C=O) groups excluding carboxylic acids is 1. The monoisotopic (exact) mass is 213 g/mol. The normalized spacial score (nSPS) is 32.1. The number of methoxy groups -OCH3 is 1. The number of nitrogens with one attached hydrogen (secondary N) is 1. The van der Waals surface area contributed by atoms with E-state index in [9.17, 15) is 4.79 Å². The van der Waals surface area contributed by atoms with Crippen LogP contribution in [0.25, 0.3) is 0 Å². The predicted molar refractivity (Wildman–Crippen MR) is 55.5 cm³/mol. The number of hydrogen-bond acceptors (Lipinski definition) is 4. The molecule has 1 N–H and O–H groups in total. The van der Waals surface area contributed by atoms with Gasteiger partial charge < -0.3 is 14.8 Å². The van der Waals surface area contributed by atoms with E-state index in [1.165, 1.54) is 20.0 Å². The fourth-order valence-electron chi connectivity index (χ4n) is 2.11. The highest BCUT2D eigenvalue weighted by atomic mass is 16.5.